The molecule has 1 rings (SSSR count). The van der Waals surface area contributed by atoms with Crippen molar-refractivity contribution in [2.75, 3.05) is 7.11 Å². The van der Waals surface area contributed by atoms with E-state index < -0.39 is 6.09 Å². The fourth-order valence-corrected chi connectivity index (χ4v) is 1.41. The molecule has 0 aliphatic carbocycles. The van der Waals surface area contributed by atoms with Crippen molar-refractivity contribution in [2.24, 2.45) is 0 Å². The Labute approximate surface area is 95.7 Å². The van der Waals surface area contributed by atoms with Crippen LogP contribution >= 0.6 is 0 Å². The van der Waals surface area contributed by atoms with Gasteiger partial charge in [-0.15, -0.1) is 0 Å². The van der Waals surface area contributed by atoms with Gasteiger partial charge in [-0.2, -0.15) is 0 Å². The van der Waals surface area contributed by atoms with Crippen molar-refractivity contribution in [3.63, 3.8) is 0 Å². The topological polar surface area (TPSA) is 56.8 Å². The number of hydrogen-bond donors (Lipinski definition) is 1. The first-order valence-electron chi connectivity index (χ1n) is 5.36. The lowest BCUT2D eigenvalue weighted by Crippen LogP contribution is -2.46. The molecule has 0 aromatic rings. The summed E-state index contributed by atoms with van der Waals surface area (Å²) >= 11 is 0. The molecule has 0 aromatic carbocycles. The molecule has 0 aromatic heterocycles. The largest absolute Gasteiger partial charge is 0.453 e. The van der Waals surface area contributed by atoms with Crippen LogP contribution in [0.25, 0.3) is 0 Å². The number of amides is 1. The zero-order chi connectivity index (χ0) is 12.1. The molecule has 16 heavy (non-hydrogen) atoms. The lowest BCUT2D eigenvalue weighted by atomic mass is 10.1. The smallest absolute Gasteiger partial charge is 0.407 e. The van der Waals surface area contributed by atoms with Crippen LogP contribution in [0.15, 0.2) is 12.2 Å². The van der Waals surface area contributed by atoms with Crippen LogP contribution in [0.2, 0.25) is 0 Å². The third-order valence-corrected chi connectivity index (χ3v) is 2.21. The first-order valence-corrected chi connectivity index (χ1v) is 5.36. The molecule has 0 spiro atoms. The molecule has 5 heteroatoms. The Morgan fingerprint density at radius 2 is 2.12 bits per heavy atom. The third-order valence-electron chi connectivity index (χ3n) is 2.21. The van der Waals surface area contributed by atoms with Crippen molar-refractivity contribution in [3.8, 4) is 0 Å². The van der Waals surface area contributed by atoms with E-state index in [0.29, 0.717) is 0 Å². The van der Waals surface area contributed by atoms with Crippen molar-refractivity contribution in [1.82, 2.24) is 5.32 Å². The number of carbonyl (C=O) groups excluding carboxylic acids is 1. The first-order chi connectivity index (χ1) is 7.52. The van der Waals surface area contributed by atoms with E-state index in [1.807, 2.05) is 26.8 Å². The minimum atomic E-state index is -0.465. The van der Waals surface area contributed by atoms with Crippen LogP contribution in [-0.4, -0.2) is 37.7 Å². The number of ether oxygens (including phenoxy) is 3. The number of hydrogen-bond acceptors (Lipinski definition) is 4. The molecule has 0 bridgehead atoms. The standard InChI is InChI=1S/C11H19NO4/c1-7(2)15-10-6-5-9(8(3)16-10)12-11(13)14-4/h5-10H,1-4H3,(H,12,13)/t8-,9+,10+/m1/s1. The van der Waals surface area contributed by atoms with E-state index in [-0.39, 0.29) is 24.5 Å². The molecule has 1 N–H and O–H groups in total. The second kappa shape index (κ2) is 5.86. The Bertz CT molecular complexity index is 265. The average molecular weight is 229 g/mol. The number of alkyl carbamates (subject to hydrolysis) is 1. The molecule has 0 radical (unpaired) electrons. The highest BCUT2D eigenvalue weighted by atomic mass is 16.7. The molecule has 0 saturated heterocycles. The minimum Gasteiger partial charge on any atom is -0.453 e. The van der Waals surface area contributed by atoms with E-state index in [9.17, 15) is 4.79 Å². The SMILES string of the molecule is COC(=O)N[C@H]1C=C[C@@H](OC(C)C)O[C@@H]1C. The molecule has 5 nitrogen and oxygen atoms in total. The van der Waals surface area contributed by atoms with Crippen molar-refractivity contribution >= 4 is 6.09 Å². The maximum atomic E-state index is 11.0. The van der Waals surface area contributed by atoms with Crippen LogP contribution in [0.5, 0.6) is 0 Å². The molecule has 1 aliphatic rings. The Kier molecular flexibility index (Phi) is 4.76. The highest BCUT2D eigenvalue weighted by Crippen LogP contribution is 2.15. The highest BCUT2D eigenvalue weighted by Gasteiger charge is 2.25. The van der Waals surface area contributed by atoms with Crippen molar-refractivity contribution < 1.29 is 19.0 Å². The average Bonchev–Trinajstić information content (AvgIpc) is 2.21. The van der Waals surface area contributed by atoms with Gasteiger partial charge >= 0.3 is 6.09 Å². The van der Waals surface area contributed by atoms with E-state index in [4.69, 9.17) is 9.47 Å². The summed E-state index contributed by atoms with van der Waals surface area (Å²) in [4.78, 5) is 11.0. The van der Waals surface area contributed by atoms with Gasteiger partial charge in [0.2, 0.25) is 0 Å². The quantitative estimate of drug-likeness (QED) is 0.744. The van der Waals surface area contributed by atoms with Gasteiger partial charge in [-0.3, -0.25) is 0 Å². The van der Waals surface area contributed by atoms with Crippen molar-refractivity contribution in [2.45, 2.75) is 45.3 Å². The predicted octanol–water partition coefficient (Wildman–Crippen LogP) is 1.44. The lowest BCUT2D eigenvalue weighted by molar-refractivity contribution is -0.165. The number of methoxy groups -OCH3 is 1. The molecular weight excluding hydrogens is 210 g/mol. The minimum absolute atomic E-state index is 0.104. The molecule has 92 valence electrons. The van der Waals surface area contributed by atoms with Gasteiger partial charge in [0.25, 0.3) is 0 Å². The van der Waals surface area contributed by atoms with Gasteiger partial charge < -0.3 is 19.5 Å². The van der Waals surface area contributed by atoms with Gasteiger partial charge in [0.1, 0.15) is 0 Å². The summed E-state index contributed by atoms with van der Waals surface area (Å²) < 4.78 is 15.6. The summed E-state index contributed by atoms with van der Waals surface area (Å²) in [7, 11) is 1.33. The molecule has 0 fully saturated rings. The Morgan fingerprint density at radius 3 is 2.62 bits per heavy atom. The second-order valence-electron chi connectivity index (χ2n) is 3.94. The fourth-order valence-electron chi connectivity index (χ4n) is 1.41. The van der Waals surface area contributed by atoms with Gasteiger partial charge in [0, 0.05) is 0 Å². The summed E-state index contributed by atoms with van der Waals surface area (Å²) in [5.74, 6) is 0. The zero-order valence-corrected chi connectivity index (χ0v) is 10.1. The van der Waals surface area contributed by atoms with Crippen molar-refractivity contribution in [1.29, 1.82) is 0 Å². The van der Waals surface area contributed by atoms with Gasteiger partial charge in [-0.05, 0) is 26.8 Å². The maximum absolute atomic E-state index is 11.0. The van der Waals surface area contributed by atoms with Gasteiger partial charge in [-0.25, -0.2) is 4.79 Å². The number of rotatable bonds is 3. The van der Waals surface area contributed by atoms with E-state index in [2.05, 4.69) is 10.1 Å². The Hall–Kier alpha value is -1.07. The summed E-state index contributed by atoms with van der Waals surface area (Å²) in [5, 5.41) is 2.66. The molecule has 1 heterocycles. The fraction of sp³-hybridized carbons (Fsp3) is 0.727. The summed E-state index contributed by atoms with van der Waals surface area (Å²) in [6, 6.07) is -0.181. The van der Waals surface area contributed by atoms with Crippen LogP contribution in [0.4, 0.5) is 4.79 Å². The summed E-state index contributed by atoms with van der Waals surface area (Å²) in [6.45, 7) is 5.77. The summed E-state index contributed by atoms with van der Waals surface area (Å²) in [5.41, 5.74) is 0. The number of carbonyl (C=O) groups is 1. The van der Waals surface area contributed by atoms with E-state index in [0.717, 1.165) is 0 Å². The maximum Gasteiger partial charge on any atom is 0.407 e. The predicted molar refractivity (Wildman–Crippen MR) is 59.0 cm³/mol. The summed E-state index contributed by atoms with van der Waals surface area (Å²) in [6.07, 6.45) is 2.80. The van der Waals surface area contributed by atoms with Crippen LogP contribution in [-0.2, 0) is 14.2 Å². The van der Waals surface area contributed by atoms with Gasteiger partial charge in [0.15, 0.2) is 6.29 Å². The second-order valence-corrected chi connectivity index (χ2v) is 3.94. The van der Waals surface area contributed by atoms with Crippen molar-refractivity contribution in [3.05, 3.63) is 12.2 Å². The van der Waals surface area contributed by atoms with Crippen LogP contribution < -0.4 is 5.32 Å². The van der Waals surface area contributed by atoms with Crippen LogP contribution in [0, 0.1) is 0 Å². The molecule has 0 saturated carbocycles. The lowest BCUT2D eigenvalue weighted by Gasteiger charge is -2.30. The molecular formula is C11H19NO4. The first kappa shape index (κ1) is 13.0. The zero-order valence-electron chi connectivity index (χ0n) is 10.1. The van der Waals surface area contributed by atoms with E-state index in [1.165, 1.54) is 7.11 Å². The Balaban J connectivity index is 2.49. The van der Waals surface area contributed by atoms with Gasteiger partial charge in [-0.1, -0.05) is 6.08 Å². The molecule has 3 atom stereocenters. The molecule has 1 amide bonds. The normalized spacial score (nSPS) is 29.2. The third kappa shape index (κ3) is 3.83. The molecule has 0 unspecified atom stereocenters. The van der Waals surface area contributed by atoms with E-state index in [1.54, 1.807) is 6.08 Å². The van der Waals surface area contributed by atoms with Crippen LogP contribution in [0.3, 0.4) is 0 Å². The molecule has 1 aliphatic heterocycles. The van der Waals surface area contributed by atoms with E-state index >= 15 is 0 Å². The van der Waals surface area contributed by atoms with Gasteiger partial charge in [0.05, 0.1) is 25.4 Å². The number of nitrogens with one attached hydrogen (secondary N) is 1. The Morgan fingerprint density at radius 1 is 1.44 bits per heavy atom. The highest BCUT2D eigenvalue weighted by molar-refractivity contribution is 5.67. The monoisotopic (exact) mass is 229 g/mol. The van der Waals surface area contributed by atoms with Crippen LogP contribution in [0.1, 0.15) is 20.8 Å².